The number of hydrogen-bond acceptors (Lipinski definition) is 15. The standard InChI is InChI=1S/C51H86IN7O15/c52-59-41(44(61)36-57-43(50(53)68)35-39-20-22-40(60)23-21-39)17-15-16-26-54-47(64)37-73-33-32-72-30-28-56-48(65)38-74-34-31-71-29-27-55-45(62)25-24-42(51(69)70)58-46(63)18-13-11-9-7-5-3-1-2-4-6-8-10-12-14-19-49(66)67/h20-23,41-43,57,59-60H,1-19,24-38H2,(H2,53,68)(H,54,64)(H,55,62)(H,56,65)(H,58,63)(H,66,67)(H,69,70)/t41-,42?,43-/m0/s1. The number of carbonyl (C=O) groups is 8. The number of ketones is 1. The van der Waals surface area contributed by atoms with Crippen molar-refractivity contribution in [1.29, 1.82) is 0 Å². The van der Waals surface area contributed by atoms with E-state index >= 15 is 0 Å². The fourth-order valence-corrected chi connectivity index (χ4v) is 8.09. The number of nitrogens with one attached hydrogen (secondary N) is 6. The summed E-state index contributed by atoms with van der Waals surface area (Å²) in [4.78, 5) is 95.7. The summed E-state index contributed by atoms with van der Waals surface area (Å²) in [7, 11) is 0. The highest BCUT2D eigenvalue weighted by molar-refractivity contribution is 14.1. The molecule has 1 unspecified atom stereocenters. The Labute approximate surface area is 450 Å². The van der Waals surface area contributed by atoms with E-state index in [4.69, 9.17) is 29.8 Å². The number of primary amides is 1. The molecule has 22 nitrogen and oxygen atoms in total. The van der Waals surface area contributed by atoms with Gasteiger partial charge in [0.05, 0.1) is 58.3 Å². The summed E-state index contributed by atoms with van der Waals surface area (Å²) in [5.41, 5.74) is 6.31. The number of hydrogen-bond donors (Lipinski definition) is 10. The number of phenols is 1. The maximum Gasteiger partial charge on any atom is 0.326 e. The fourth-order valence-electron chi connectivity index (χ4n) is 7.43. The zero-order valence-corrected chi connectivity index (χ0v) is 45.4. The Morgan fingerprint density at radius 3 is 1.50 bits per heavy atom. The lowest BCUT2D eigenvalue weighted by Crippen LogP contribution is -2.47. The van der Waals surface area contributed by atoms with Crippen molar-refractivity contribution in [3.63, 3.8) is 0 Å². The van der Waals surface area contributed by atoms with Crippen LogP contribution in [-0.4, -0.2) is 160 Å². The monoisotopic (exact) mass is 1160 g/mol. The van der Waals surface area contributed by atoms with Crippen molar-refractivity contribution >= 4 is 70.1 Å². The molecular weight excluding hydrogens is 1080 g/mol. The van der Waals surface area contributed by atoms with Gasteiger partial charge in [-0.2, -0.15) is 0 Å². The van der Waals surface area contributed by atoms with Crippen LogP contribution in [0.2, 0.25) is 0 Å². The Bertz CT molecular complexity index is 1730. The minimum absolute atomic E-state index is 0.0390. The van der Waals surface area contributed by atoms with Crippen molar-refractivity contribution in [2.45, 2.75) is 159 Å². The zero-order chi connectivity index (χ0) is 54.4. The number of halogens is 1. The summed E-state index contributed by atoms with van der Waals surface area (Å²) in [6.07, 6.45) is 17.4. The lowest BCUT2D eigenvalue weighted by molar-refractivity contribution is -0.142. The van der Waals surface area contributed by atoms with E-state index in [0.29, 0.717) is 32.2 Å². The van der Waals surface area contributed by atoms with Gasteiger partial charge >= 0.3 is 11.9 Å². The molecule has 1 rings (SSSR count). The van der Waals surface area contributed by atoms with Crippen LogP contribution in [0.1, 0.15) is 140 Å². The quantitative estimate of drug-likeness (QED) is 0.0253. The van der Waals surface area contributed by atoms with Crippen molar-refractivity contribution in [1.82, 2.24) is 30.1 Å². The van der Waals surface area contributed by atoms with Gasteiger partial charge in [-0.05, 0) is 62.6 Å². The van der Waals surface area contributed by atoms with Crippen molar-refractivity contribution < 1.29 is 72.6 Å². The SMILES string of the molecule is NC(=O)[C@H](Cc1ccc(O)cc1)NCC(=O)[C@H](CCCCNC(=O)COCCOCCNC(=O)COCCOCCNC(=O)CCC(NC(=O)CCCCCCCCCCCCCCCCC(=O)O)C(=O)O)NI. The van der Waals surface area contributed by atoms with Crippen molar-refractivity contribution in [2.24, 2.45) is 5.73 Å². The Hall–Kier alpha value is -4.53. The van der Waals surface area contributed by atoms with Crippen LogP contribution < -0.4 is 35.8 Å². The average Bonchev–Trinajstić information content (AvgIpc) is 3.36. The van der Waals surface area contributed by atoms with Gasteiger partial charge < -0.3 is 61.3 Å². The zero-order valence-electron chi connectivity index (χ0n) is 43.3. The first-order valence-corrected chi connectivity index (χ1v) is 27.3. The van der Waals surface area contributed by atoms with Gasteiger partial charge in [0.2, 0.25) is 29.5 Å². The molecule has 0 fully saturated rings. The van der Waals surface area contributed by atoms with Gasteiger partial charge in [-0.3, -0.25) is 42.4 Å². The number of nitrogens with two attached hydrogens (primary N) is 1. The molecule has 0 aromatic heterocycles. The number of aliphatic carboxylic acids is 2. The van der Waals surface area contributed by atoms with Crippen LogP contribution in [0.15, 0.2) is 24.3 Å². The number of rotatable bonds is 51. The third-order valence-corrected chi connectivity index (χ3v) is 12.4. The molecule has 1 aromatic carbocycles. The van der Waals surface area contributed by atoms with Crippen LogP contribution in [-0.2, 0) is 63.7 Å². The molecule has 0 aliphatic heterocycles. The number of benzene rings is 1. The summed E-state index contributed by atoms with van der Waals surface area (Å²) < 4.78 is 24.4. The lowest BCUT2D eigenvalue weighted by Gasteiger charge is -2.18. The molecule has 3 atom stereocenters. The molecule has 0 saturated heterocycles. The van der Waals surface area contributed by atoms with Crippen LogP contribution in [0.4, 0.5) is 0 Å². The molecular formula is C51H86IN7O15. The lowest BCUT2D eigenvalue weighted by atomic mass is 10.0. The summed E-state index contributed by atoms with van der Waals surface area (Å²) in [6.45, 7) is 1.60. The molecule has 23 heteroatoms. The summed E-state index contributed by atoms with van der Waals surface area (Å²) >= 11 is 1.92. The first kappa shape index (κ1) is 67.5. The maximum atomic E-state index is 12.8. The predicted octanol–water partition coefficient (Wildman–Crippen LogP) is 3.52. The molecule has 422 valence electrons. The van der Waals surface area contributed by atoms with E-state index in [9.17, 15) is 48.6 Å². The van der Waals surface area contributed by atoms with E-state index < -0.39 is 36.0 Å². The molecule has 0 saturated carbocycles. The van der Waals surface area contributed by atoms with E-state index in [2.05, 4.69) is 30.1 Å². The van der Waals surface area contributed by atoms with E-state index in [1.165, 1.54) is 50.7 Å². The molecule has 1 aromatic rings. The molecule has 0 spiro atoms. The number of carboxylic acid groups (broad SMARTS) is 2. The van der Waals surface area contributed by atoms with Gasteiger partial charge in [0.15, 0.2) is 5.78 Å². The maximum absolute atomic E-state index is 12.8. The minimum Gasteiger partial charge on any atom is -0.508 e. The molecule has 0 bridgehead atoms. The third-order valence-electron chi connectivity index (χ3n) is 11.7. The second-order valence-electron chi connectivity index (χ2n) is 18.1. The molecule has 74 heavy (non-hydrogen) atoms. The van der Waals surface area contributed by atoms with Gasteiger partial charge in [-0.25, -0.2) is 4.79 Å². The van der Waals surface area contributed by atoms with Crippen LogP contribution in [0.3, 0.4) is 0 Å². The van der Waals surface area contributed by atoms with E-state index in [1.54, 1.807) is 12.1 Å². The Morgan fingerprint density at radius 1 is 0.514 bits per heavy atom. The first-order valence-electron chi connectivity index (χ1n) is 26.3. The van der Waals surface area contributed by atoms with Crippen LogP contribution in [0.5, 0.6) is 5.75 Å². The van der Waals surface area contributed by atoms with Gasteiger partial charge in [0.25, 0.3) is 0 Å². The number of amides is 5. The number of carbonyl (C=O) groups excluding carboxylic acids is 6. The molecule has 5 amide bonds. The van der Waals surface area contributed by atoms with Gasteiger partial charge in [0.1, 0.15) is 25.0 Å². The largest absolute Gasteiger partial charge is 0.508 e. The number of ether oxygens (including phenoxy) is 4. The fraction of sp³-hybridized carbons (Fsp3) is 0.725. The first-order chi connectivity index (χ1) is 35.7. The average molecular weight is 1160 g/mol. The molecule has 0 heterocycles. The highest BCUT2D eigenvalue weighted by Crippen LogP contribution is 2.15. The Kier molecular flexibility index (Phi) is 41.8. The van der Waals surface area contributed by atoms with Crippen molar-refractivity contribution in [2.75, 3.05) is 79.0 Å². The van der Waals surface area contributed by atoms with Crippen LogP contribution in [0.25, 0.3) is 0 Å². The summed E-state index contributed by atoms with van der Waals surface area (Å²) in [5.74, 6) is -3.85. The molecule has 11 N–H and O–H groups in total. The highest BCUT2D eigenvalue weighted by Gasteiger charge is 2.22. The smallest absolute Gasteiger partial charge is 0.326 e. The number of phenolic OH excluding ortho intramolecular Hbond substituents is 1. The van der Waals surface area contributed by atoms with E-state index in [0.717, 1.165) is 50.5 Å². The normalized spacial score (nSPS) is 12.3. The topological polar surface area (TPSA) is 332 Å². The van der Waals surface area contributed by atoms with Crippen LogP contribution >= 0.6 is 22.9 Å². The second kappa shape index (κ2) is 45.8. The Morgan fingerprint density at radius 2 is 1.00 bits per heavy atom. The van der Waals surface area contributed by atoms with Gasteiger partial charge in [-0.1, -0.05) is 89.2 Å². The summed E-state index contributed by atoms with van der Waals surface area (Å²) in [6, 6.07) is 4.04. The van der Waals surface area contributed by atoms with E-state index in [1.807, 2.05) is 22.9 Å². The number of unbranched alkanes of at least 4 members (excludes halogenated alkanes) is 14. The summed E-state index contributed by atoms with van der Waals surface area (Å²) in [5, 5.41) is 41.2. The highest BCUT2D eigenvalue weighted by atomic mass is 127. The third kappa shape index (κ3) is 39.9. The minimum atomic E-state index is -1.19. The molecule has 0 radical (unpaired) electrons. The van der Waals surface area contributed by atoms with Crippen LogP contribution in [0, 0.1) is 0 Å². The van der Waals surface area contributed by atoms with Crippen molar-refractivity contribution in [3.8, 4) is 5.75 Å². The van der Waals surface area contributed by atoms with Gasteiger partial charge in [0, 0.05) is 61.8 Å². The number of Topliss-reactive ketones (excluding diaryl/α,β-unsaturated/α-hetero) is 1. The second-order valence-corrected chi connectivity index (χ2v) is 18.7. The number of carboxylic acids is 2. The molecule has 0 aliphatic rings. The predicted molar refractivity (Wildman–Crippen MR) is 285 cm³/mol. The number of aromatic hydroxyl groups is 1. The van der Waals surface area contributed by atoms with Gasteiger partial charge in [-0.15, -0.1) is 0 Å². The molecule has 0 aliphatic carbocycles. The van der Waals surface area contributed by atoms with E-state index in [-0.39, 0.29) is 140 Å². The van der Waals surface area contributed by atoms with Crippen molar-refractivity contribution in [3.05, 3.63) is 29.8 Å². The Balaban J connectivity index is 1.95.